The zero-order valence-corrected chi connectivity index (χ0v) is 15.7. The highest BCUT2D eigenvalue weighted by atomic mass is 32.2. The zero-order chi connectivity index (χ0) is 19.4. The van der Waals surface area contributed by atoms with Gasteiger partial charge in [-0.05, 0) is 51.2 Å². The second-order valence-corrected chi connectivity index (χ2v) is 7.84. The fourth-order valence-electron chi connectivity index (χ4n) is 2.95. The number of carbonyl (C=O) groups excluding carboxylic acids is 1. The molecule has 5 nitrogen and oxygen atoms in total. The number of alkyl halides is 3. The van der Waals surface area contributed by atoms with Crippen molar-refractivity contribution in [2.75, 3.05) is 6.54 Å². The Morgan fingerprint density at radius 2 is 2.15 bits per heavy atom. The number of pyridine rings is 1. The molecule has 1 N–H and O–H groups in total. The van der Waals surface area contributed by atoms with Crippen molar-refractivity contribution >= 4 is 23.3 Å². The molecule has 0 aromatic carbocycles. The Kier molecular flexibility index (Phi) is 6.08. The minimum absolute atomic E-state index is 0.167. The molecule has 0 saturated heterocycles. The van der Waals surface area contributed by atoms with Gasteiger partial charge in [-0.2, -0.15) is 13.2 Å². The molecule has 2 heterocycles. The van der Waals surface area contributed by atoms with Crippen LogP contribution in [0.15, 0.2) is 35.1 Å². The van der Waals surface area contributed by atoms with E-state index in [1.54, 1.807) is 6.92 Å². The highest BCUT2D eigenvalue weighted by Gasteiger charge is 2.31. The lowest BCUT2D eigenvalue weighted by molar-refractivity contribution is -0.137. The summed E-state index contributed by atoms with van der Waals surface area (Å²) >= 11 is 1.09. The van der Waals surface area contributed by atoms with Gasteiger partial charge < -0.3 is 5.32 Å². The topological polar surface area (TPSA) is 59.3 Å². The van der Waals surface area contributed by atoms with Gasteiger partial charge in [0.1, 0.15) is 0 Å². The first kappa shape index (κ1) is 19.7. The summed E-state index contributed by atoms with van der Waals surface area (Å²) in [5, 5.41) is 10.4. The molecule has 2 aromatic heterocycles. The quantitative estimate of drug-likeness (QED) is 0.584. The lowest BCUT2D eigenvalue weighted by Crippen LogP contribution is -2.32. The Morgan fingerprint density at radius 1 is 1.33 bits per heavy atom. The molecule has 0 fully saturated rings. The number of thioether (sulfide) groups is 1. The van der Waals surface area contributed by atoms with E-state index in [0.717, 1.165) is 43.3 Å². The van der Waals surface area contributed by atoms with Crippen molar-refractivity contribution in [1.82, 2.24) is 19.9 Å². The fourth-order valence-corrected chi connectivity index (χ4v) is 3.81. The molecule has 0 aliphatic heterocycles. The maximum Gasteiger partial charge on any atom is 0.417 e. The lowest BCUT2D eigenvalue weighted by atomic mass is 9.97. The van der Waals surface area contributed by atoms with Gasteiger partial charge in [0.05, 0.1) is 10.8 Å². The van der Waals surface area contributed by atoms with Crippen LogP contribution in [0.25, 0.3) is 5.65 Å². The SMILES string of the molecule is CC(Sc1nnc2ccc(C(F)(F)F)cn12)C(=O)NCCC1=CCCCC1. The van der Waals surface area contributed by atoms with Gasteiger partial charge in [-0.15, -0.1) is 10.2 Å². The summed E-state index contributed by atoms with van der Waals surface area (Å²) in [7, 11) is 0. The van der Waals surface area contributed by atoms with Crippen LogP contribution in [0.1, 0.15) is 44.6 Å². The van der Waals surface area contributed by atoms with Gasteiger partial charge >= 0.3 is 6.18 Å². The third-order valence-corrected chi connectivity index (χ3v) is 5.54. The predicted molar refractivity (Wildman–Crippen MR) is 97.5 cm³/mol. The summed E-state index contributed by atoms with van der Waals surface area (Å²) in [6.07, 6.45) is 4.22. The molecule has 1 aliphatic rings. The van der Waals surface area contributed by atoms with Gasteiger partial charge in [0.15, 0.2) is 10.8 Å². The maximum atomic E-state index is 12.9. The van der Waals surface area contributed by atoms with Crippen molar-refractivity contribution in [2.45, 2.75) is 55.6 Å². The van der Waals surface area contributed by atoms with Crippen LogP contribution in [-0.2, 0) is 11.0 Å². The third-order valence-electron chi connectivity index (χ3n) is 4.48. The highest BCUT2D eigenvalue weighted by molar-refractivity contribution is 8.00. The van der Waals surface area contributed by atoms with E-state index in [1.807, 2.05) is 0 Å². The molecule has 146 valence electrons. The molecule has 2 aromatic rings. The molecule has 0 saturated carbocycles. The molecule has 1 aliphatic carbocycles. The lowest BCUT2D eigenvalue weighted by Gasteiger charge is -2.14. The molecule has 0 radical (unpaired) electrons. The number of fused-ring (bicyclic) bond motifs is 1. The number of hydrogen-bond acceptors (Lipinski definition) is 4. The van der Waals surface area contributed by atoms with Gasteiger partial charge in [-0.25, -0.2) is 0 Å². The van der Waals surface area contributed by atoms with E-state index in [9.17, 15) is 18.0 Å². The number of halogens is 3. The standard InChI is InChI=1S/C18H21F3N4OS/c1-12(16(26)22-10-9-13-5-3-2-4-6-13)27-17-24-23-15-8-7-14(11-25(15)17)18(19,20)21/h5,7-8,11-12H,2-4,6,9-10H2,1H3,(H,22,26). The number of nitrogens with one attached hydrogen (secondary N) is 1. The molecule has 3 rings (SSSR count). The van der Waals surface area contributed by atoms with Crippen molar-refractivity contribution in [3.8, 4) is 0 Å². The number of carbonyl (C=O) groups is 1. The molecule has 0 spiro atoms. The van der Waals surface area contributed by atoms with E-state index >= 15 is 0 Å². The fraction of sp³-hybridized carbons (Fsp3) is 0.500. The van der Waals surface area contributed by atoms with E-state index in [-0.39, 0.29) is 11.1 Å². The van der Waals surface area contributed by atoms with Crippen LogP contribution in [0.5, 0.6) is 0 Å². The van der Waals surface area contributed by atoms with Gasteiger partial charge in [-0.1, -0.05) is 23.4 Å². The number of aromatic nitrogens is 3. The molecule has 1 unspecified atom stereocenters. The van der Waals surface area contributed by atoms with E-state index in [1.165, 1.54) is 28.9 Å². The van der Waals surface area contributed by atoms with Crippen LogP contribution in [0.2, 0.25) is 0 Å². The van der Waals surface area contributed by atoms with Crippen molar-refractivity contribution < 1.29 is 18.0 Å². The van der Waals surface area contributed by atoms with Crippen LogP contribution in [-0.4, -0.2) is 32.3 Å². The summed E-state index contributed by atoms with van der Waals surface area (Å²) in [5.74, 6) is -0.167. The Bertz CT molecular complexity index is 847. The van der Waals surface area contributed by atoms with Crippen molar-refractivity contribution in [3.63, 3.8) is 0 Å². The number of nitrogens with zero attached hydrogens (tertiary/aromatic N) is 3. The second kappa shape index (κ2) is 8.33. The molecular weight excluding hydrogens is 377 g/mol. The van der Waals surface area contributed by atoms with E-state index in [4.69, 9.17) is 0 Å². The highest BCUT2D eigenvalue weighted by Crippen LogP contribution is 2.30. The van der Waals surface area contributed by atoms with Crippen molar-refractivity contribution in [1.29, 1.82) is 0 Å². The Hall–Kier alpha value is -2.03. The first-order valence-electron chi connectivity index (χ1n) is 8.89. The third kappa shape index (κ3) is 5.03. The van der Waals surface area contributed by atoms with Gasteiger partial charge in [-0.3, -0.25) is 9.20 Å². The molecule has 1 amide bonds. The second-order valence-electron chi connectivity index (χ2n) is 6.54. The van der Waals surface area contributed by atoms with Gasteiger partial charge in [0, 0.05) is 12.7 Å². The average molecular weight is 398 g/mol. The van der Waals surface area contributed by atoms with E-state index < -0.39 is 17.0 Å². The van der Waals surface area contributed by atoms with Crippen LogP contribution < -0.4 is 5.32 Å². The molecule has 0 bridgehead atoms. The minimum Gasteiger partial charge on any atom is -0.355 e. The van der Waals surface area contributed by atoms with Gasteiger partial charge in [0.25, 0.3) is 0 Å². The van der Waals surface area contributed by atoms with E-state index in [2.05, 4.69) is 21.6 Å². The molecular formula is C18H21F3N4OS. The number of amides is 1. The Labute approximate surface area is 159 Å². The minimum atomic E-state index is -4.45. The number of allylic oxidation sites excluding steroid dienone is 1. The summed E-state index contributed by atoms with van der Waals surface area (Å²) < 4.78 is 40.0. The first-order chi connectivity index (χ1) is 12.8. The van der Waals surface area contributed by atoms with Crippen LogP contribution >= 0.6 is 11.8 Å². The number of rotatable bonds is 6. The molecule has 1 atom stereocenters. The predicted octanol–water partition coefficient (Wildman–Crippen LogP) is 4.24. The maximum absolute atomic E-state index is 12.9. The number of hydrogen-bond donors (Lipinski definition) is 1. The average Bonchev–Trinajstić information content (AvgIpc) is 3.04. The van der Waals surface area contributed by atoms with Crippen LogP contribution in [0.3, 0.4) is 0 Å². The molecule has 27 heavy (non-hydrogen) atoms. The van der Waals surface area contributed by atoms with Gasteiger partial charge in [0.2, 0.25) is 5.91 Å². The van der Waals surface area contributed by atoms with Crippen LogP contribution in [0, 0.1) is 0 Å². The molecule has 9 heteroatoms. The monoisotopic (exact) mass is 398 g/mol. The van der Waals surface area contributed by atoms with E-state index in [0.29, 0.717) is 12.2 Å². The Morgan fingerprint density at radius 3 is 2.85 bits per heavy atom. The first-order valence-corrected chi connectivity index (χ1v) is 9.77. The van der Waals surface area contributed by atoms with Crippen LogP contribution in [0.4, 0.5) is 13.2 Å². The Balaban J connectivity index is 1.60. The van der Waals surface area contributed by atoms with Crippen molar-refractivity contribution in [2.24, 2.45) is 0 Å². The van der Waals surface area contributed by atoms with Crippen molar-refractivity contribution in [3.05, 3.63) is 35.5 Å². The zero-order valence-electron chi connectivity index (χ0n) is 14.9. The summed E-state index contributed by atoms with van der Waals surface area (Å²) in [6, 6.07) is 2.23. The summed E-state index contributed by atoms with van der Waals surface area (Å²) in [4.78, 5) is 12.3. The summed E-state index contributed by atoms with van der Waals surface area (Å²) in [6.45, 7) is 2.27. The normalized spacial score (nSPS) is 16.2. The largest absolute Gasteiger partial charge is 0.417 e. The smallest absolute Gasteiger partial charge is 0.355 e. The summed E-state index contributed by atoms with van der Waals surface area (Å²) in [5.41, 5.74) is 0.904.